The molecule has 0 bridgehead atoms. The molecular weight excluding hydrogens is 252 g/mol. The lowest BCUT2D eigenvalue weighted by molar-refractivity contribution is 0.252. The summed E-state index contributed by atoms with van der Waals surface area (Å²) in [5.41, 5.74) is 8.47. The minimum Gasteiger partial charge on any atom is -0.330 e. The summed E-state index contributed by atoms with van der Waals surface area (Å²) < 4.78 is 0.395. The largest absolute Gasteiger partial charge is 0.330 e. The quantitative estimate of drug-likeness (QED) is 0.918. The summed E-state index contributed by atoms with van der Waals surface area (Å²) in [7, 11) is 0. The number of hydrogen-bond donors (Lipinski definition) is 1. The summed E-state index contributed by atoms with van der Waals surface area (Å²) in [4.78, 5) is 2.57. The van der Waals surface area contributed by atoms with Crippen molar-refractivity contribution >= 4 is 11.8 Å². The van der Waals surface area contributed by atoms with Crippen LogP contribution in [0.25, 0.3) is 0 Å². The molecule has 1 atom stereocenters. The lowest BCUT2D eigenvalue weighted by atomic mass is 10.00. The van der Waals surface area contributed by atoms with Crippen molar-refractivity contribution in [2.24, 2.45) is 5.73 Å². The fourth-order valence-electron chi connectivity index (χ4n) is 2.60. The van der Waals surface area contributed by atoms with Crippen LogP contribution in [0, 0.1) is 0 Å². The molecule has 2 nitrogen and oxygen atoms in total. The topological polar surface area (TPSA) is 29.3 Å². The van der Waals surface area contributed by atoms with Crippen molar-refractivity contribution in [2.75, 3.05) is 25.4 Å². The van der Waals surface area contributed by atoms with Crippen molar-refractivity contribution < 1.29 is 0 Å². The van der Waals surface area contributed by atoms with E-state index in [0.717, 1.165) is 13.1 Å². The molecule has 0 amide bonds. The third-order valence-corrected chi connectivity index (χ3v) is 5.11. The number of nitrogens with zero attached hydrogens (tertiary/aromatic N) is 1. The van der Waals surface area contributed by atoms with Gasteiger partial charge in [-0.25, -0.2) is 0 Å². The average Bonchev–Trinajstić information content (AvgIpc) is 2.37. The van der Waals surface area contributed by atoms with Gasteiger partial charge in [0.15, 0.2) is 0 Å². The van der Waals surface area contributed by atoms with Crippen molar-refractivity contribution in [1.29, 1.82) is 0 Å². The fraction of sp³-hybridized carbons (Fsp3) is 0.625. The van der Waals surface area contributed by atoms with Gasteiger partial charge < -0.3 is 5.73 Å². The summed E-state index contributed by atoms with van der Waals surface area (Å²) in [6.45, 7) is 11.0. The zero-order valence-corrected chi connectivity index (χ0v) is 13.2. The van der Waals surface area contributed by atoms with Gasteiger partial charge in [0.05, 0.1) is 0 Å². The second-order valence-corrected chi connectivity index (χ2v) is 8.00. The normalized spacial score (nSPS) is 21.3. The van der Waals surface area contributed by atoms with Crippen LogP contribution < -0.4 is 5.73 Å². The van der Waals surface area contributed by atoms with E-state index in [0.29, 0.717) is 10.7 Å². The SMILES string of the molecule is CC(CN)c1ccc(CN2CCSC(C)(C)C2)cc1. The fourth-order valence-corrected chi connectivity index (χ4v) is 3.77. The van der Waals surface area contributed by atoms with E-state index in [-0.39, 0.29) is 0 Å². The maximum Gasteiger partial charge on any atom is 0.0234 e. The van der Waals surface area contributed by atoms with Crippen LogP contribution in [0.5, 0.6) is 0 Å². The van der Waals surface area contributed by atoms with Crippen molar-refractivity contribution in [3.8, 4) is 0 Å². The Balaban J connectivity index is 1.96. The molecule has 0 radical (unpaired) electrons. The molecule has 1 fully saturated rings. The van der Waals surface area contributed by atoms with E-state index in [4.69, 9.17) is 5.73 Å². The summed E-state index contributed by atoms with van der Waals surface area (Å²) in [6.07, 6.45) is 0. The molecule has 0 saturated carbocycles. The van der Waals surface area contributed by atoms with Crippen molar-refractivity contribution in [3.63, 3.8) is 0 Å². The molecular formula is C16H26N2S. The van der Waals surface area contributed by atoms with E-state index in [2.05, 4.69) is 61.7 Å². The number of rotatable bonds is 4. The lowest BCUT2D eigenvalue weighted by Crippen LogP contribution is -2.42. The predicted octanol–water partition coefficient (Wildman–Crippen LogP) is 3.08. The molecule has 106 valence electrons. The highest BCUT2D eigenvalue weighted by Gasteiger charge is 2.26. The van der Waals surface area contributed by atoms with Gasteiger partial charge in [-0.05, 0) is 37.4 Å². The molecule has 1 aliphatic heterocycles. The second kappa shape index (κ2) is 6.29. The molecule has 2 N–H and O–H groups in total. The Morgan fingerprint density at radius 3 is 2.58 bits per heavy atom. The molecule has 1 aliphatic rings. The van der Waals surface area contributed by atoms with Crippen LogP contribution in [0.3, 0.4) is 0 Å². The molecule has 0 aromatic heterocycles. The number of nitrogens with two attached hydrogens (primary N) is 1. The van der Waals surface area contributed by atoms with Gasteiger partial charge in [0.2, 0.25) is 0 Å². The van der Waals surface area contributed by atoms with Crippen LogP contribution in [-0.4, -0.2) is 35.0 Å². The maximum atomic E-state index is 5.71. The van der Waals surface area contributed by atoms with Crippen LogP contribution in [0.4, 0.5) is 0 Å². The number of thioether (sulfide) groups is 1. The first-order valence-corrected chi connectivity index (χ1v) is 8.14. The molecule has 1 heterocycles. The molecule has 1 aromatic carbocycles. The molecule has 0 spiro atoms. The van der Waals surface area contributed by atoms with Gasteiger partial charge in [0.25, 0.3) is 0 Å². The van der Waals surface area contributed by atoms with Gasteiger partial charge >= 0.3 is 0 Å². The third-order valence-electron chi connectivity index (χ3n) is 3.81. The second-order valence-electron chi connectivity index (χ2n) is 6.20. The molecule has 2 rings (SSSR count). The van der Waals surface area contributed by atoms with E-state index in [1.807, 2.05) is 0 Å². The monoisotopic (exact) mass is 278 g/mol. The lowest BCUT2D eigenvalue weighted by Gasteiger charge is -2.37. The van der Waals surface area contributed by atoms with Gasteiger partial charge in [-0.3, -0.25) is 4.90 Å². The van der Waals surface area contributed by atoms with E-state index < -0.39 is 0 Å². The number of hydrogen-bond acceptors (Lipinski definition) is 3. The Morgan fingerprint density at radius 2 is 2.00 bits per heavy atom. The first-order chi connectivity index (χ1) is 9.00. The highest BCUT2D eigenvalue weighted by Crippen LogP contribution is 2.30. The minimum atomic E-state index is 0.395. The van der Waals surface area contributed by atoms with Gasteiger partial charge in [-0.1, -0.05) is 31.2 Å². The average molecular weight is 278 g/mol. The van der Waals surface area contributed by atoms with Crippen molar-refractivity contribution in [2.45, 2.75) is 38.0 Å². The third kappa shape index (κ3) is 4.23. The van der Waals surface area contributed by atoms with Gasteiger partial charge in [0.1, 0.15) is 0 Å². The summed E-state index contributed by atoms with van der Waals surface area (Å²) >= 11 is 2.09. The molecule has 3 heteroatoms. The van der Waals surface area contributed by atoms with Gasteiger partial charge in [-0.2, -0.15) is 11.8 Å². The van der Waals surface area contributed by atoms with Crippen molar-refractivity contribution in [1.82, 2.24) is 4.90 Å². The van der Waals surface area contributed by atoms with Gasteiger partial charge in [0, 0.05) is 30.1 Å². The molecule has 1 unspecified atom stereocenters. The van der Waals surface area contributed by atoms with E-state index in [1.165, 1.54) is 30.0 Å². The Labute approximate surface area is 121 Å². The van der Waals surface area contributed by atoms with Crippen LogP contribution in [0.2, 0.25) is 0 Å². The first-order valence-electron chi connectivity index (χ1n) is 7.15. The molecule has 0 aliphatic carbocycles. The first kappa shape index (κ1) is 14.9. The Hall–Kier alpha value is -0.510. The zero-order valence-electron chi connectivity index (χ0n) is 12.4. The number of benzene rings is 1. The van der Waals surface area contributed by atoms with Crippen LogP contribution in [-0.2, 0) is 6.54 Å². The Kier molecular flexibility index (Phi) is 4.93. The van der Waals surface area contributed by atoms with Crippen LogP contribution in [0.15, 0.2) is 24.3 Å². The smallest absolute Gasteiger partial charge is 0.0234 e. The van der Waals surface area contributed by atoms with E-state index in [1.54, 1.807) is 0 Å². The standard InChI is InChI=1S/C16H26N2S/c1-13(10-17)15-6-4-14(5-7-15)11-18-8-9-19-16(2,3)12-18/h4-7,13H,8-12,17H2,1-3H3. The highest BCUT2D eigenvalue weighted by molar-refractivity contribution is 8.00. The molecule has 1 saturated heterocycles. The van der Waals surface area contributed by atoms with Crippen LogP contribution >= 0.6 is 11.8 Å². The van der Waals surface area contributed by atoms with E-state index in [9.17, 15) is 0 Å². The summed E-state index contributed by atoms with van der Waals surface area (Å²) in [6, 6.07) is 8.99. The maximum absolute atomic E-state index is 5.71. The summed E-state index contributed by atoms with van der Waals surface area (Å²) in [5, 5.41) is 0. The Morgan fingerprint density at radius 1 is 1.32 bits per heavy atom. The zero-order chi connectivity index (χ0) is 13.9. The highest BCUT2D eigenvalue weighted by atomic mass is 32.2. The van der Waals surface area contributed by atoms with Gasteiger partial charge in [-0.15, -0.1) is 0 Å². The molecule has 1 aromatic rings. The van der Waals surface area contributed by atoms with E-state index >= 15 is 0 Å². The summed E-state index contributed by atoms with van der Waals surface area (Å²) in [5.74, 6) is 1.70. The molecule has 19 heavy (non-hydrogen) atoms. The van der Waals surface area contributed by atoms with Crippen molar-refractivity contribution in [3.05, 3.63) is 35.4 Å². The Bertz CT molecular complexity index is 400. The minimum absolute atomic E-state index is 0.395. The van der Waals surface area contributed by atoms with Crippen LogP contribution in [0.1, 0.15) is 37.8 Å². The predicted molar refractivity (Wildman–Crippen MR) is 85.7 cm³/mol.